The summed E-state index contributed by atoms with van der Waals surface area (Å²) in [6, 6.07) is 0. The minimum absolute atomic E-state index is 0. The minimum atomic E-state index is -9.08. The van der Waals surface area contributed by atoms with Gasteiger partial charge in [-0.1, -0.05) is 0 Å². The van der Waals surface area contributed by atoms with Crippen LogP contribution in [0.25, 0.3) is 0 Å². The Morgan fingerprint density at radius 1 is 0.541 bits per heavy atom. The Hall–Kier alpha value is -0.893. The van der Waals surface area contributed by atoms with Gasteiger partial charge in [0.1, 0.15) is 0 Å². The van der Waals surface area contributed by atoms with E-state index in [1.807, 2.05) is 0 Å². The second kappa shape index (κ2) is 9.94. The average molecular weight is 616 g/mol. The molecule has 218 valence electrons. The summed E-state index contributed by atoms with van der Waals surface area (Å²) in [5, 5.41) is -8.06. The van der Waals surface area contributed by atoms with E-state index in [1.54, 1.807) is 0 Å². The predicted molar refractivity (Wildman–Crippen MR) is 69.5 cm³/mol. The van der Waals surface area contributed by atoms with Crippen LogP contribution in [0.4, 0.5) is 87.8 Å². The number of rotatable bonds is 11. The second-order valence-corrected chi connectivity index (χ2v) is 8.08. The molecule has 0 rings (SSSR count). The topological polar surface area (TPSA) is 57.2 Å². The summed E-state index contributed by atoms with van der Waals surface area (Å²) in [6.07, 6.45) is -16.8. The van der Waals surface area contributed by atoms with Gasteiger partial charge in [0, 0.05) is 6.42 Å². The third-order valence-corrected chi connectivity index (χ3v) is 5.03. The van der Waals surface area contributed by atoms with Gasteiger partial charge in [0.25, 0.3) is 0 Å². The summed E-state index contributed by atoms with van der Waals surface area (Å²) >= 11 is 0. The van der Waals surface area contributed by atoms with E-state index in [0.717, 1.165) is 0 Å². The third-order valence-electron chi connectivity index (χ3n) is 4.14. The van der Waals surface area contributed by atoms with Gasteiger partial charge in [-0.25, -0.2) is 12.8 Å². The Bertz CT molecular complexity index is 910. The van der Waals surface area contributed by atoms with Crippen molar-refractivity contribution in [2.45, 2.75) is 71.9 Å². The van der Waals surface area contributed by atoms with Gasteiger partial charge in [-0.15, -0.1) is 0 Å². The molecule has 0 fully saturated rings. The zero-order valence-electron chi connectivity index (χ0n) is 16.7. The molecule has 25 heteroatoms. The molecule has 0 radical (unpaired) electrons. The fourth-order valence-electron chi connectivity index (χ4n) is 2.01. The van der Waals surface area contributed by atoms with Crippen molar-refractivity contribution in [1.29, 1.82) is 0 Å². The molecule has 0 saturated heterocycles. The van der Waals surface area contributed by atoms with Crippen LogP contribution in [0, 0.1) is 0 Å². The standard InChI is InChI=1S/C12H6F20O3S.Li/c13-3(1-2-4(14,15)16)5(17,18)6(19,20)7(21,22)8(23,24)9(25,26)10(27,28)11(29,30)12(31,32)36(33,34)35;/h3H,1-2H2,(H,33,34,35);/q;+1/p-1. The van der Waals surface area contributed by atoms with Gasteiger partial charge < -0.3 is 4.55 Å². The van der Waals surface area contributed by atoms with Crippen LogP contribution in [0.5, 0.6) is 0 Å². The summed E-state index contributed by atoms with van der Waals surface area (Å²) in [7, 11) is -8.25. The van der Waals surface area contributed by atoms with Crippen LogP contribution in [0.15, 0.2) is 0 Å². The normalized spacial score (nSPS) is 16.9. The van der Waals surface area contributed by atoms with Crippen molar-refractivity contribution >= 4 is 10.1 Å². The first-order valence-electron chi connectivity index (χ1n) is 7.81. The second-order valence-electron chi connectivity index (χ2n) is 6.66. The van der Waals surface area contributed by atoms with Crippen LogP contribution < -0.4 is 18.9 Å². The van der Waals surface area contributed by atoms with Gasteiger partial charge in [-0.05, 0) is 6.42 Å². The van der Waals surface area contributed by atoms with E-state index in [9.17, 15) is 101 Å². The maximum absolute atomic E-state index is 13.5. The van der Waals surface area contributed by atoms with Gasteiger partial charge in [0.05, 0.1) is 0 Å². The van der Waals surface area contributed by atoms with Crippen LogP contribution in [0.2, 0.25) is 0 Å². The largest absolute Gasteiger partial charge is 1.00 e. The van der Waals surface area contributed by atoms with Crippen molar-refractivity contribution in [3.8, 4) is 0 Å². The van der Waals surface area contributed by atoms with Gasteiger partial charge in [0.15, 0.2) is 16.3 Å². The number of hydrogen-bond donors (Lipinski definition) is 0. The zero-order valence-corrected chi connectivity index (χ0v) is 17.5. The van der Waals surface area contributed by atoms with Gasteiger partial charge in [-0.2, -0.15) is 83.4 Å². The van der Waals surface area contributed by atoms with Gasteiger partial charge >= 0.3 is 71.7 Å². The molecule has 0 aromatic heterocycles. The van der Waals surface area contributed by atoms with E-state index in [1.165, 1.54) is 0 Å². The van der Waals surface area contributed by atoms with Crippen molar-refractivity contribution in [2.75, 3.05) is 0 Å². The molecule has 0 aromatic rings. The fraction of sp³-hybridized carbons (Fsp3) is 1.00. The first-order valence-corrected chi connectivity index (χ1v) is 9.22. The zero-order chi connectivity index (χ0) is 30.0. The van der Waals surface area contributed by atoms with E-state index < -0.39 is 82.0 Å². The molecule has 0 N–H and O–H groups in total. The SMILES string of the molecule is O=S(=O)([O-])C(F)(F)C(F)(F)C(F)(F)C(F)(F)C(F)(F)C(F)(F)C(F)(F)C(F)(F)C(F)CCC(F)(F)F.[Li+]. The summed E-state index contributed by atoms with van der Waals surface area (Å²) in [5.74, 6) is -60.6. The maximum Gasteiger partial charge on any atom is 1.00 e. The number of alkyl halides is 20. The minimum Gasteiger partial charge on any atom is -0.743 e. The monoisotopic (exact) mass is 616 g/mol. The van der Waals surface area contributed by atoms with Crippen molar-refractivity contribution in [3.63, 3.8) is 0 Å². The molecular weight excluding hydrogens is 611 g/mol. The summed E-state index contributed by atoms with van der Waals surface area (Å²) in [6.45, 7) is 0. The summed E-state index contributed by atoms with van der Waals surface area (Å²) in [5.41, 5.74) is 0. The molecule has 0 aromatic carbocycles. The first kappa shape index (κ1) is 38.3. The first-order chi connectivity index (χ1) is 15.1. The molecule has 0 aliphatic carbocycles. The summed E-state index contributed by atoms with van der Waals surface area (Å²) in [4.78, 5) is 0. The molecule has 0 bridgehead atoms. The van der Waals surface area contributed by atoms with Crippen molar-refractivity contribution in [1.82, 2.24) is 0 Å². The van der Waals surface area contributed by atoms with E-state index >= 15 is 0 Å². The van der Waals surface area contributed by atoms with Crippen LogP contribution in [-0.2, 0) is 10.1 Å². The molecule has 0 aliphatic rings. The Morgan fingerprint density at radius 3 is 1.08 bits per heavy atom. The predicted octanol–water partition coefficient (Wildman–Crippen LogP) is 3.26. The maximum atomic E-state index is 13.5. The molecule has 0 aliphatic heterocycles. The van der Waals surface area contributed by atoms with Gasteiger partial charge in [-0.3, -0.25) is 0 Å². The molecule has 1 atom stereocenters. The number of hydrogen-bond acceptors (Lipinski definition) is 3. The molecule has 37 heavy (non-hydrogen) atoms. The van der Waals surface area contributed by atoms with E-state index in [0.29, 0.717) is 0 Å². The Balaban J connectivity index is 0. The fourth-order valence-corrected chi connectivity index (χ4v) is 2.45. The quantitative estimate of drug-likeness (QED) is 0.204. The molecule has 0 spiro atoms. The molecule has 1 unspecified atom stereocenters. The van der Waals surface area contributed by atoms with Crippen LogP contribution in [-0.4, -0.2) is 72.0 Å². The molecular formula is C12H5F20LiO3S. The Labute approximate surface area is 202 Å². The van der Waals surface area contributed by atoms with E-state index in [2.05, 4.69) is 0 Å². The Morgan fingerprint density at radius 2 is 0.811 bits per heavy atom. The number of halogens is 20. The average Bonchev–Trinajstić information content (AvgIpc) is 2.63. The van der Waals surface area contributed by atoms with Crippen molar-refractivity contribution in [3.05, 3.63) is 0 Å². The molecule has 0 amide bonds. The van der Waals surface area contributed by atoms with E-state index in [-0.39, 0.29) is 18.9 Å². The summed E-state index contributed by atoms with van der Waals surface area (Å²) < 4.78 is 291. The van der Waals surface area contributed by atoms with Crippen LogP contribution >= 0.6 is 0 Å². The Kier molecular flexibility index (Phi) is 10.3. The van der Waals surface area contributed by atoms with Crippen molar-refractivity contribution < 1.29 is 120 Å². The van der Waals surface area contributed by atoms with E-state index in [4.69, 9.17) is 0 Å². The smallest absolute Gasteiger partial charge is 0.743 e. The molecule has 0 saturated carbocycles. The molecule has 0 heterocycles. The van der Waals surface area contributed by atoms with Crippen molar-refractivity contribution in [2.24, 2.45) is 0 Å². The van der Waals surface area contributed by atoms with Crippen LogP contribution in [0.3, 0.4) is 0 Å². The van der Waals surface area contributed by atoms with Gasteiger partial charge in [0.2, 0.25) is 0 Å². The molecule has 3 nitrogen and oxygen atoms in total. The third kappa shape index (κ3) is 5.57. The van der Waals surface area contributed by atoms with Crippen LogP contribution in [0.1, 0.15) is 12.8 Å².